The molecule has 1 aromatic carbocycles. The fraction of sp³-hybridized carbons (Fsp3) is 0.385. The number of hydrogen-bond donors (Lipinski definition) is 2. The second kappa shape index (κ2) is 4.89. The van der Waals surface area contributed by atoms with Gasteiger partial charge in [-0.1, -0.05) is 25.4 Å². The molecule has 0 unspecified atom stereocenters. The number of H-pyrrole nitrogens is 1. The third kappa shape index (κ3) is 2.57. The van der Waals surface area contributed by atoms with Gasteiger partial charge >= 0.3 is 0 Å². The molecule has 86 valence electrons. The smallest absolute Gasteiger partial charge is 0.0457 e. The van der Waals surface area contributed by atoms with Crippen LogP contribution in [0.15, 0.2) is 24.4 Å². The van der Waals surface area contributed by atoms with E-state index in [2.05, 4.69) is 30.3 Å². The third-order valence-corrected chi connectivity index (χ3v) is 2.91. The number of benzene rings is 1. The predicted molar refractivity (Wildman–Crippen MR) is 70.2 cm³/mol. The highest BCUT2D eigenvalue weighted by molar-refractivity contribution is 6.31. The van der Waals surface area contributed by atoms with Crippen molar-refractivity contribution in [1.29, 1.82) is 0 Å². The molecule has 2 N–H and O–H groups in total. The van der Waals surface area contributed by atoms with Crippen molar-refractivity contribution in [3.05, 3.63) is 35.0 Å². The Labute approximate surface area is 101 Å². The monoisotopic (exact) mass is 236 g/mol. The van der Waals surface area contributed by atoms with Crippen LogP contribution in [0.1, 0.15) is 19.4 Å². The minimum absolute atomic E-state index is 0.536. The maximum atomic E-state index is 6.00. The molecule has 0 atom stereocenters. The minimum atomic E-state index is 0.536. The van der Waals surface area contributed by atoms with E-state index in [4.69, 9.17) is 11.6 Å². The van der Waals surface area contributed by atoms with E-state index in [0.717, 1.165) is 23.5 Å². The van der Waals surface area contributed by atoms with Gasteiger partial charge in [0.1, 0.15) is 0 Å². The zero-order chi connectivity index (χ0) is 11.5. The Bertz CT molecular complexity index is 474. The lowest BCUT2D eigenvalue weighted by atomic mass is 10.1. The van der Waals surface area contributed by atoms with Gasteiger partial charge < -0.3 is 10.3 Å². The molecule has 0 saturated carbocycles. The van der Waals surface area contributed by atoms with E-state index in [1.165, 1.54) is 10.9 Å². The highest BCUT2D eigenvalue weighted by Gasteiger charge is 2.04. The van der Waals surface area contributed by atoms with E-state index < -0.39 is 0 Å². The largest absolute Gasteiger partial charge is 0.361 e. The van der Waals surface area contributed by atoms with Gasteiger partial charge in [0.25, 0.3) is 0 Å². The van der Waals surface area contributed by atoms with E-state index in [-0.39, 0.29) is 0 Å². The number of aromatic amines is 1. The van der Waals surface area contributed by atoms with E-state index in [0.29, 0.717) is 6.04 Å². The maximum Gasteiger partial charge on any atom is 0.0457 e. The zero-order valence-corrected chi connectivity index (χ0v) is 10.4. The van der Waals surface area contributed by atoms with E-state index >= 15 is 0 Å². The molecule has 0 bridgehead atoms. The molecule has 0 aliphatic heterocycles. The number of rotatable bonds is 4. The van der Waals surface area contributed by atoms with Crippen molar-refractivity contribution in [3.8, 4) is 0 Å². The molecule has 1 aromatic heterocycles. The van der Waals surface area contributed by atoms with Crippen molar-refractivity contribution in [2.45, 2.75) is 26.3 Å². The number of halogens is 1. The Morgan fingerprint density at radius 3 is 2.94 bits per heavy atom. The van der Waals surface area contributed by atoms with Crippen LogP contribution in [0, 0.1) is 0 Å². The first kappa shape index (κ1) is 11.5. The van der Waals surface area contributed by atoms with Crippen LogP contribution < -0.4 is 5.32 Å². The maximum absolute atomic E-state index is 6.00. The van der Waals surface area contributed by atoms with Crippen LogP contribution >= 0.6 is 11.6 Å². The molecule has 0 fully saturated rings. The fourth-order valence-electron chi connectivity index (χ4n) is 1.85. The summed E-state index contributed by atoms with van der Waals surface area (Å²) in [6.07, 6.45) is 3.10. The zero-order valence-electron chi connectivity index (χ0n) is 9.68. The Morgan fingerprint density at radius 1 is 1.38 bits per heavy atom. The third-order valence-electron chi connectivity index (χ3n) is 2.68. The Kier molecular flexibility index (Phi) is 3.52. The quantitative estimate of drug-likeness (QED) is 0.837. The fourth-order valence-corrected chi connectivity index (χ4v) is 2.03. The van der Waals surface area contributed by atoms with Gasteiger partial charge in [-0.15, -0.1) is 0 Å². The lowest BCUT2D eigenvalue weighted by molar-refractivity contribution is 0.591. The van der Waals surface area contributed by atoms with Gasteiger partial charge in [0.05, 0.1) is 0 Å². The molecule has 2 rings (SSSR count). The average Bonchev–Trinajstić information content (AvgIpc) is 2.60. The van der Waals surface area contributed by atoms with Crippen LogP contribution in [-0.4, -0.2) is 17.6 Å². The summed E-state index contributed by atoms with van der Waals surface area (Å²) in [5.74, 6) is 0. The second-order valence-corrected chi connectivity index (χ2v) is 4.80. The molecule has 0 radical (unpaired) electrons. The summed E-state index contributed by atoms with van der Waals surface area (Å²) in [6.45, 7) is 5.31. The van der Waals surface area contributed by atoms with Crippen molar-refractivity contribution in [3.63, 3.8) is 0 Å². The lowest BCUT2D eigenvalue weighted by Crippen LogP contribution is -2.24. The first-order chi connectivity index (χ1) is 7.66. The molecular formula is C13H17ClN2. The minimum Gasteiger partial charge on any atom is -0.361 e. The molecule has 2 aromatic rings. The van der Waals surface area contributed by atoms with E-state index in [1.807, 2.05) is 18.2 Å². The standard InChI is InChI=1S/C13H17ClN2/c1-9(2)15-6-5-10-8-16-13-4-3-11(14)7-12(10)13/h3-4,7-9,15-16H,5-6H2,1-2H3. The van der Waals surface area contributed by atoms with Gasteiger partial charge in [0.2, 0.25) is 0 Å². The summed E-state index contributed by atoms with van der Waals surface area (Å²) in [7, 11) is 0. The highest BCUT2D eigenvalue weighted by atomic mass is 35.5. The van der Waals surface area contributed by atoms with Crippen molar-refractivity contribution < 1.29 is 0 Å². The summed E-state index contributed by atoms with van der Waals surface area (Å²) >= 11 is 6.00. The van der Waals surface area contributed by atoms with Crippen molar-refractivity contribution in [1.82, 2.24) is 10.3 Å². The summed E-state index contributed by atoms with van der Waals surface area (Å²) in [6, 6.07) is 6.50. The summed E-state index contributed by atoms with van der Waals surface area (Å²) < 4.78 is 0. The number of aromatic nitrogens is 1. The van der Waals surface area contributed by atoms with Crippen LogP contribution in [-0.2, 0) is 6.42 Å². The average molecular weight is 237 g/mol. The van der Waals surface area contributed by atoms with Gasteiger partial charge in [-0.25, -0.2) is 0 Å². The Morgan fingerprint density at radius 2 is 2.19 bits per heavy atom. The molecule has 3 heteroatoms. The van der Waals surface area contributed by atoms with Crippen LogP contribution in [0.3, 0.4) is 0 Å². The molecule has 0 saturated heterocycles. The molecule has 0 aliphatic carbocycles. The first-order valence-corrected chi connectivity index (χ1v) is 6.03. The topological polar surface area (TPSA) is 27.8 Å². The molecule has 2 nitrogen and oxygen atoms in total. The summed E-state index contributed by atoms with van der Waals surface area (Å²) in [5, 5.41) is 5.45. The SMILES string of the molecule is CC(C)NCCc1c[nH]c2ccc(Cl)cc12. The van der Waals surface area contributed by atoms with Crippen LogP contribution in [0.5, 0.6) is 0 Å². The molecule has 0 amide bonds. The van der Waals surface area contributed by atoms with Crippen LogP contribution in [0.4, 0.5) is 0 Å². The van der Waals surface area contributed by atoms with Crippen LogP contribution in [0.25, 0.3) is 10.9 Å². The summed E-state index contributed by atoms with van der Waals surface area (Å²) in [4.78, 5) is 3.27. The first-order valence-electron chi connectivity index (χ1n) is 5.65. The number of fused-ring (bicyclic) bond motifs is 1. The molecular weight excluding hydrogens is 220 g/mol. The second-order valence-electron chi connectivity index (χ2n) is 4.36. The number of hydrogen-bond acceptors (Lipinski definition) is 1. The molecule has 1 heterocycles. The predicted octanol–water partition coefficient (Wildman–Crippen LogP) is 3.36. The number of nitrogens with one attached hydrogen (secondary N) is 2. The van der Waals surface area contributed by atoms with Crippen molar-refractivity contribution >= 4 is 22.5 Å². The Balaban J connectivity index is 2.15. The lowest BCUT2D eigenvalue weighted by Gasteiger charge is -2.06. The van der Waals surface area contributed by atoms with Gasteiger partial charge in [0.15, 0.2) is 0 Å². The normalized spacial score (nSPS) is 11.5. The van der Waals surface area contributed by atoms with Gasteiger partial charge in [0, 0.05) is 28.2 Å². The highest BCUT2D eigenvalue weighted by Crippen LogP contribution is 2.22. The van der Waals surface area contributed by atoms with E-state index in [9.17, 15) is 0 Å². The van der Waals surface area contributed by atoms with Crippen molar-refractivity contribution in [2.24, 2.45) is 0 Å². The molecule has 0 aliphatic rings. The van der Waals surface area contributed by atoms with E-state index in [1.54, 1.807) is 0 Å². The van der Waals surface area contributed by atoms with Crippen LogP contribution in [0.2, 0.25) is 5.02 Å². The summed E-state index contributed by atoms with van der Waals surface area (Å²) in [5.41, 5.74) is 2.48. The van der Waals surface area contributed by atoms with Gasteiger partial charge in [-0.2, -0.15) is 0 Å². The molecule has 16 heavy (non-hydrogen) atoms. The van der Waals surface area contributed by atoms with Gasteiger partial charge in [-0.05, 0) is 36.7 Å². The van der Waals surface area contributed by atoms with Gasteiger partial charge in [-0.3, -0.25) is 0 Å². The Hall–Kier alpha value is -0.990. The van der Waals surface area contributed by atoms with Crippen molar-refractivity contribution in [2.75, 3.05) is 6.54 Å². The molecule has 0 spiro atoms.